The SMILES string of the molecule is OCCC1(CNCc2cccc(Oc3ccccc3)c2)CCOC1. The van der Waals surface area contributed by atoms with E-state index in [2.05, 4.69) is 17.4 Å². The molecule has 4 heteroatoms. The lowest BCUT2D eigenvalue weighted by Crippen LogP contribution is -2.35. The molecule has 1 fully saturated rings. The molecule has 2 N–H and O–H groups in total. The molecule has 1 unspecified atom stereocenters. The van der Waals surface area contributed by atoms with Gasteiger partial charge in [-0.3, -0.25) is 0 Å². The van der Waals surface area contributed by atoms with E-state index in [1.807, 2.05) is 42.5 Å². The quantitative estimate of drug-likeness (QED) is 0.780. The summed E-state index contributed by atoms with van der Waals surface area (Å²) < 4.78 is 11.4. The van der Waals surface area contributed by atoms with Gasteiger partial charge in [-0.05, 0) is 42.7 Å². The molecule has 1 aliphatic rings. The summed E-state index contributed by atoms with van der Waals surface area (Å²) in [4.78, 5) is 0. The van der Waals surface area contributed by atoms with Gasteiger partial charge in [-0.15, -0.1) is 0 Å². The van der Waals surface area contributed by atoms with Crippen LogP contribution in [0.1, 0.15) is 18.4 Å². The number of hydrogen-bond donors (Lipinski definition) is 2. The van der Waals surface area contributed by atoms with Crippen molar-refractivity contribution in [3.63, 3.8) is 0 Å². The Balaban J connectivity index is 1.55. The van der Waals surface area contributed by atoms with Crippen molar-refractivity contribution in [3.05, 3.63) is 60.2 Å². The van der Waals surface area contributed by atoms with Gasteiger partial charge in [0, 0.05) is 31.7 Å². The zero-order valence-electron chi connectivity index (χ0n) is 13.9. The molecule has 3 rings (SSSR count). The minimum absolute atomic E-state index is 0.0763. The van der Waals surface area contributed by atoms with Crippen LogP contribution >= 0.6 is 0 Å². The first-order valence-electron chi connectivity index (χ1n) is 8.51. The number of hydrogen-bond acceptors (Lipinski definition) is 4. The summed E-state index contributed by atoms with van der Waals surface area (Å²) in [6, 6.07) is 17.9. The molecule has 0 saturated carbocycles. The number of benzene rings is 2. The van der Waals surface area contributed by atoms with E-state index in [4.69, 9.17) is 9.47 Å². The van der Waals surface area contributed by atoms with Crippen LogP contribution in [0.3, 0.4) is 0 Å². The maximum atomic E-state index is 9.28. The fraction of sp³-hybridized carbons (Fsp3) is 0.400. The molecule has 1 aliphatic heterocycles. The highest BCUT2D eigenvalue weighted by Crippen LogP contribution is 2.31. The molecule has 0 aliphatic carbocycles. The van der Waals surface area contributed by atoms with E-state index < -0.39 is 0 Å². The predicted octanol–water partition coefficient (Wildman–Crippen LogP) is 3.36. The third-order valence-electron chi connectivity index (χ3n) is 4.53. The number of ether oxygens (including phenoxy) is 2. The lowest BCUT2D eigenvalue weighted by Gasteiger charge is -2.26. The van der Waals surface area contributed by atoms with Gasteiger partial charge < -0.3 is 19.9 Å². The second kappa shape index (κ2) is 8.29. The van der Waals surface area contributed by atoms with Gasteiger partial charge in [-0.2, -0.15) is 0 Å². The summed E-state index contributed by atoms with van der Waals surface area (Å²) >= 11 is 0. The summed E-state index contributed by atoms with van der Waals surface area (Å²) in [5.41, 5.74) is 1.26. The van der Waals surface area contributed by atoms with Crippen molar-refractivity contribution in [2.24, 2.45) is 5.41 Å². The van der Waals surface area contributed by atoms with Crippen LogP contribution in [0, 0.1) is 5.41 Å². The van der Waals surface area contributed by atoms with Crippen LogP contribution in [0.25, 0.3) is 0 Å². The summed E-state index contributed by atoms with van der Waals surface area (Å²) in [6.45, 7) is 3.38. The zero-order valence-corrected chi connectivity index (χ0v) is 13.9. The van der Waals surface area contributed by atoms with Crippen LogP contribution in [-0.2, 0) is 11.3 Å². The lowest BCUT2D eigenvalue weighted by molar-refractivity contribution is 0.124. The molecular weight excluding hydrogens is 302 g/mol. The Morgan fingerprint density at radius 2 is 1.92 bits per heavy atom. The first-order chi connectivity index (χ1) is 11.8. The summed E-state index contributed by atoms with van der Waals surface area (Å²) in [5.74, 6) is 1.68. The number of aliphatic hydroxyl groups excluding tert-OH is 1. The van der Waals surface area contributed by atoms with Gasteiger partial charge in [0.1, 0.15) is 11.5 Å². The molecule has 1 heterocycles. The molecule has 4 nitrogen and oxygen atoms in total. The molecule has 1 atom stereocenters. The third kappa shape index (κ3) is 4.57. The normalized spacial score (nSPS) is 20.2. The number of para-hydroxylation sites is 1. The Bertz CT molecular complexity index is 624. The van der Waals surface area contributed by atoms with E-state index in [0.29, 0.717) is 0 Å². The minimum atomic E-state index is 0.0763. The van der Waals surface area contributed by atoms with Crippen molar-refractivity contribution < 1.29 is 14.6 Å². The Hall–Kier alpha value is -1.88. The van der Waals surface area contributed by atoms with Crippen LogP contribution in [0.4, 0.5) is 0 Å². The molecule has 128 valence electrons. The van der Waals surface area contributed by atoms with E-state index in [1.165, 1.54) is 5.56 Å². The van der Waals surface area contributed by atoms with E-state index in [9.17, 15) is 5.11 Å². The Morgan fingerprint density at radius 1 is 1.08 bits per heavy atom. The summed E-state index contributed by atoms with van der Waals surface area (Å²) in [6.07, 6.45) is 1.80. The number of rotatable bonds is 8. The first-order valence-corrected chi connectivity index (χ1v) is 8.51. The largest absolute Gasteiger partial charge is 0.457 e. The highest BCUT2D eigenvalue weighted by atomic mass is 16.5. The van der Waals surface area contributed by atoms with Crippen molar-refractivity contribution in [2.75, 3.05) is 26.4 Å². The van der Waals surface area contributed by atoms with E-state index in [0.717, 1.165) is 50.6 Å². The predicted molar refractivity (Wildman–Crippen MR) is 94.2 cm³/mol. The van der Waals surface area contributed by atoms with Crippen LogP contribution in [0.15, 0.2) is 54.6 Å². The average Bonchev–Trinajstić information content (AvgIpc) is 3.05. The van der Waals surface area contributed by atoms with Crippen molar-refractivity contribution in [3.8, 4) is 11.5 Å². The maximum absolute atomic E-state index is 9.28. The fourth-order valence-corrected chi connectivity index (χ4v) is 3.13. The van der Waals surface area contributed by atoms with E-state index in [1.54, 1.807) is 0 Å². The van der Waals surface area contributed by atoms with Crippen LogP contribution in [0.5, 0.6) is 11.5 Å². The number of aliphatic hydroxyl groups is 1. The second-order valence-corrected chi connectivity index (χ2v) is 6.44. The van der Waals surface area contributed by atoms with Crippen LogP contribution < -0.4 is 10.1 Å². The Kier molecular flexibility index (Phi) is 5.86. The first kappa shape index (κ1) is 17.0. The number of nitrogens with one attached hydrogen (secondary N) is 1. The fourth-order valence-electron chi connectivity index (χ4n) is 3.13. The standard InChI is InChI=1S/C20H25NO3/c22-11-9-20(10-12-23-16-20)15-21-14-17-5-4-8-19(13-17)24-18-6-2-1-3-7-18/h1-8,13,21-22H,9-12,14-16H2. The lowest BCUT2D eigenvalue weighted by atomic mass is 9.84. The molecule has 1 saturated heterocycles. The van der Waals surface area contributed by atoms with E-state index in [-0.39, 0.29) is 12.0 Å². The molecular formula is C20H25NO3. The molecule has 0 aromatic heterocycles. The van der Waals surface area contributed by atoms with Crippen molar-refractivity contribution in [1.29, 1.82) is 0 Å². The minimum Gasteiger partial charge on any atom is -0.457 e. The third-order valence-corrected chi connectivity index (χ3v) is 4.53. The van der Waals surface area contributed by atoms with E-state index >= 15 is 0 Å². The highest BCUT2D eigenvalue weighted by Gasteiger charge is 2.33. The maximum Gasteiger partial charge on any atom is 0.127 e. The zero-order chi connectivity index (χ0) is 16.7. The van der Waals surface area contributed by atoms with Gasteiger partial charge in [0.25, 0.3) is 0 Å². The van der Waals surface area contributed by atoms with Gasteiger partial charge in [0.05, 0.1) is 6.61 Å². The van der Waals surface area contributed by atoms with Crippen LogP contribution in [0.2, 0.25) is 0 Å². The van der Waals surface area contributed by atoms with Gasteiger partial charge in [0.15, 0.2) is 0 Å². The Labute approximate surface area is 143 Å². The van der Waals surface area contributed by atoms with Gasteiger partial charge in [-0.25, -0.2) is 0 Å². The van der Waals surface area contributed by atoms with Gasteiger partial charge >= 0.3 is 0 Å². The summed E-state index contributed by atoms with van der Waals surface area (Å²) in [7, 11) is 0. The monoisotopic (exact) mass is 327 g/mol. The average molecular weight is 327 g/mol. The van der Waals surface area contributed by atoms with Crippen molar-refractivity contribution in [2.45, 2.75) is 19.4 Å². The highest BCUT2D eigenvalue weighted by molar-refractivity contribution is 5.33. The van der Waals surface area contributed by atoms with Gasteiger partial charge in [0.2, 0.25) is 0 Å². The molecule has 0 spiro atoms. The topological polar surface area (TPSA) is 50.7 Å². The van der Waals surface area contributed by atoms with Crippen LogP contribution in [-0.4, -0.2) is 31.5 Å². The Morgan fingerprint density at radius 3 is 2.67 bits per heavy atom. The van der Waals surface area contributed by atoms with Crippen molar-refractivity contribution >= 4 is 0 Å². The smallest absolute Gasteiger partial charge is 0.127 e. The molecule has 0 amide bonds. The second-order valence-electron chi connectivity index (χ2n) is 6.44. The molecule has 0 radical (unpaired) electrons. The summed E-state index contributed by atoms with van der Waals surface area (Å²) in [5, 5.41) is 12.8. The molecule has 24 heavy (non-hydrogen) atoms. The molecule has 0 bridgehead atoms. The van der Waals surface area contributed by atoms with Gasteiger partial charge in [-0.1, -0.05) is 30.3 Å². The molecule has 2 aromatic rings. The molecule has 2 aromatic carbocycles. The van der Waals surface area contributed by atoms with Crippen molar-refractivity contribution in [1.82, 2.24) is 5.32 Å².